The molecule has 0 aliphatic rings. The number of carbonyl (C=O) groups is 2. The van der Waals surface area contributed by atoms with Crippen LogP contribution in [0.15, 0.2) is 18.2 Å². The van der Waals surface area contributed by atoms with E-state index in [-0.39, 0.29) is 5.91 Å². The maximum Gasteiger partial charge on any atom is 0.248 e. The zero-order valence-corrected chi connectivity index (χ0v) is 10.7. The number of nitrogens with two attached hydrogens (primary N) is 2. The fourth-order valence-electron chi connectivity index (χ4n) is 1.62. The van der Waals surface area contributed by atoms with Crippen LogP contribution in [-0.2, 0) is 4.79 Å². The molecular formula is C13H19N3O2. The second kappa shape index (κ2) is 6.16. The minimum atomic E-state index is -0.509. The molecule has 1 rings (SSSR count). The summed E-state index contributed by atoms with van der Waals surface area (Å²) < 4.78 is 0. The molecule has 5 heteroatoms. The highest BCUT2D eigenvalue weighted by Crippen LogP contribution is 2.16. The number of aryl methyl sites for hydroxylation is 1. The van der Waals surface area contributed by atoms with E-state index in [9.17, 15) is 9.59 Å². The van der Waals surface area contributed by atoms with Gasteiger partial charge in [0, 0.05) is 11.3 Å². The van der Waals surface area contributed by atoms with Crippen LogP contribution in [0.25, 0.3) is 0 Å². The van der Waals surface area contributed by atoms with Crippen molar-refractivity contribution in [1.82, 2.24) is 0 Å². The number of benzene rings is 1. The summed E-state index contributed by atoms with van der Waals surface area (Å²) in [6.45, 7) is 3.77. The van der Waals surface area contributed by atoms with Crippen LogP contribution in [0.4, 0.5) is 5.69 Å². The van der Waals surface area contributed by atoms with Crippen LogP contribution in [0.1, 0.15) is 35.7 Å². The van der Waals surface area contributed by atoms with Gasteiger partial charge in [0.1, 0.15) is 0 Å². The highest BCUT2D eigenvalue weighted by Gasteiger charge is 2.13. The van der Waals surface area contributed by atoms with Crippen molar-refractivity contribution in [3.05, 3.63) is 29.3 Å². The number of primary amides is 1. The highest BCUT2D eigenvalue weighted by molar-refractivity contribution is 5.97. The number of rotatable bonds is 5. The molecule has 0 bridgehead atoms. The first-order chi connectivity index (χ1) is 8.45. The second-order valence-electron chi connectivity index (χ2n) is 4.28. The van der Waals surface area contributed by atoms with Crippen molar-refractivity contribution in [2.24, 2.45) is 11.5 Å². The maximum atomic E-state index is 11.7. The fourth-order valence-corrected chi connectivity index (χ4v) is 1.62. The highest BCUT2D eigenvalue weighted by atomic mass is 16.2. The van der Waals surface area contributed by atoms with Gasteiger partial charge in [0.15, 0.2) is 0 Å². The predicted octanol–water partition coefficient (Wildman–Crippen LogP) is 1.16. The van der Waals surface area contributed by atoms with E-state index in [0.29, 0.717) is 17.7 Å². The smallest absolute Gasteiger partial charge is 0.248 e. The molecule has 0 fully saturated rings. The molecule has 0 aromatic heterocycles. The van der Waals surface area contributed by atoms with Gasteiger partial charge in [0.25, 0.3) is 0 Å². The van der Waals surface area contributed by atoms with Crippen LogP contribution in [0.5, 0.6) is 0 Å². The van der Waals surface area contributed by atoms with E-state index >= 15 is 0 Å². The largest absolute Gasteiger partial charge is 0.366 e. The van der Waals surface area contributed by atoms with Crippen molar-refractivity contribution in [2.75, 3.05) is 5.32 Å². The summed E-state index contributed by atoms with van der Waals surface area (Å²) in [5.41, 5.74) is 12.7. The van der Waals surface area contributed by atoms with Crippen molar-refractivity contribution >= 4 is 17.5 Å². The van der Waals surface area contributed by atoms with Gasteiger partial charge >= 0.3 is 0 Å². The van der Waals surface area contributed by atoms with Gasteiger partial charge in [-0.05, 0) is 37.1 Å². The summed E-state index contributed by atoms with van der Waals surface area (Å²) in [5, 5.41) is 2.74. The maximum absolute atomic E-state index is 11.7. The molecule has 1 aromatic carbocycles. The molecule has 0 aliphatic carbocycles. The molecule has 0 heterocycles. The Morgan fingerprint density at radius 1 is 1.39 bits per heavy atom. The lowest BCUT2D eigenvalue weighted by Crippen LogP contribution is -2.35. The molecule has 1 aromatic rings. The lowest BCUT2D eigenvalue weighted by atomic mass is 10.1. The normalized spacial score (nSPS) is 11.9. The van der Waals surface area contributed by atoms with Gasteiger partial charge in [-0.25, -0.2) is 0 Å². The standard InChI is InChI=1S/C13H19N3O2/c1-3-4-10(14)13(18)16-11-6-5-9(12(15)17)7-8(11)2/h5-7,10H,3-4,14H2,1-2H3,(H2,15,17)(H,16,18)/t10-/m1/s1. The molecule has 0 spiro atoms. The predicted molar refractivity (Wildman–Crippen MR) is 71.2 cm³/mol. The van der Waals surface area contributed by atoms with Gasteiger partial charge in [0.05, 0.1) is 6.04 Å². The number of hydrogen-bond acceptors (Lipinski definition) is 3. The molecule has 98 valence electrons. The average Bonchev–Trinajstić information content (AvgIpc) is 2.31. The van der Waals surface area contributed by atoms with Crippen molar-refractivity contribution in [2.45, 2.75) is 32.7 Å². The van der Waals surface area contributed by atoms with Gasteiger partial charge in [-0.15, -0.1) is 0 Å². The second-order valence-corrected chi connectivity index (χ2v) is 4.28. The Balaban J connectivity index is 2.79. The Labute approximate surface area is 107 Å². The molecule has 2 amide bonds. The lowest BCUT2D eigenvalue weighted by molar-refractivity contribution is -0.117. The molecule has 0 saturated carbocycles. The Morgan fingerprint density at radius 2 is 2.06 bits per heavy atom. The van der Waals surface area contributed by atoms with Crippen molar-refractivity contribution in [1.29, 1.82) is 0 Å². The lowest BCUT2D eigenvalue weighted by Gasteiger charge is -2.13. The Hall–Kier alpha value is -1.88. The molecule has 5 nitrogen and oxygen atoms in total. The summed E-state index contributed by atoms with van der Waals surface area (Å²) >= 11 is 0. The number of hydrogen-bond donors (Lipinski definition) is 3. The SMILES string of the molecule is CCC[C@@H](N)C(=O)Nc1ccc(C(N)=O)cc1C. The third-order valence-electron chi connectivity index (χ3n) is 2.71. The zero-order valence-electron chi connectivity index (χ0n) is 10.7. The number of anilines is 1. The Morgan fingerprint density at radius 3 is 2.56 bits per heavy atom. The molecule has 1 atom stereocenters. The molecule has 0 unspecified atom stereocenters. The summed E-state index contributed by atoms with van der Waals surface area (Å²) in [5.74, 6) is -0.703. The summed E-state index contributed by atoms with van der Waals surface area (Å²) in [4.78, 5) is 22.7. The quantitative estimate of drug-likeness (QED) is 0.730. The topological polar surface area (TPSA) is 98.2 Å². The van der Waals surface area contributed by atoms with E-state index in [1.165, 1.54) is 0 Å². The van der Waals surface area contributed by atoms with E-state index in [0.717, 1.165) is 12.0 Å². The van der Waals surface area contributed by atoms with Crippen LogP contribution < -0.4 is 16.8 Å². The minimum absolute atomic E-state index is 0.216. The van der Waals surface area contributed by atoms with Crippen molar-refractivity contribution < 1.29 is 9.59 Å². The molecule has 0 radical (unpaired) electrons. The van der Waals surface area contributed by atoms with Crippen LogP contribution >= 0.6 is 0 Å². The third kappa shape index (κ3) is 3.56. The van der Waals surface area contributed by atoms with Crippen LogP contribution in [0, 0.1) is 6.92 Å². The van der Waals surface area contributed by atoms with E-state index in [1.807, 2.05) is 6.92 Å². The fraction of sp³-hybridized carbons (Fsp3) is 0.385. The molecule has 18 heavy (non-hydrogen) atoms. The minimum Gasteiger partial charge on any atom is -0.366 e. The monoisotopic (exact) mass is 249 g/mol. The number of amides is 2. The number of carbonyl (C=O) groups excluding carboxylic acids is 2. The Kier molecular flexibility index (Phi) is 4.85. The van der Waals surface area contributed by atoms with E-state index in [4.69, 9.17) is 11.5 Å². The van der Waals surface area contributed by atoms with Gasteiger partial charge in [0.2, 0.25) is 11.8 Å². The van der Waals surface area contributed by atoms with Gasteiger partial charge in [-0.2, -0.15) is 0 Å². The first-order valence-corrected chi connectivity index (χ1v) is 5.92. The summed E-state index contributed by atoms with van der Waals surface area (Å²) in [6, 6.07) is 4.37. The van der Waals surface area contributed by atoms with Crippen molar-refractivity contribution in [3.63, 3.8) is 0 Å². The third-order valence-corrected chi connectivity index (χ3v) is 2.71. The summed E-state index contributed by atoms with van der Waals surface area (Å²) in [6.07, 6.45) is 1.50. The van der Waals surface area contributed by atoms with E-state index < -0.39 is 11.9 Å². The van der Waals surface area contributed by atoms with Crippen molar-refractivity contribution in [3.8, 4) is 0 Å². The van der Waals surface area contributed by atoms with Crippen LogP contribution in [-0.4, -0.2) is 17.9 Å². The van der Waals surface area contributed by atoms with Gasteiger partial charge in [-0.3, -0.25) is 9.59 Å². The first kappa shape index (κ1) is 14.2. The van der Waals surface area contributed by atoms with E-state index in [1.54, 1.807) is 25.1 Å². The van der Waals surface area contributed by atoms with Gasteiger partial charge < -0.3 is 16.8 Å². The Bertz CT molecular complexity index is 458. The van der Waals surface area contributed by atoms with Crippen LogP contribution in [0.3, 0.4) is 0 Å². The average molecular weight is 249 g/mol. The summed E-state index contributed by atoms with van der Waals surface area (Å²) in [7, 11) is 0. The first-order valence-electron chi connectivity index (χ1n) is 5.92. The number of nitrogens with one attached hydrogen (secondary N) is 1. The zero-order chi connectivity index (χ0) is 13.7. The molecule has 0 saturated heterocycles. The van der Waals surface area contributed by atoms with Gasteiger partial charge in [-0.1, -0.05) is 13.3 Å². The molecular weight excluding hydrogens is 230 g/mol. The van der Waals surface area contributed by atoms with Crippen LogP contribution in [0.2, 0.25) is 0 Å². The van der Waals surface area contributed by atoms with E-state index in [2.05, 4.69) is 5.32 Å². The molecule has 0 aliphatic heterocycles. The molecule has 5 N–H and O–H groups in total.